The van der Waals surface area contributed by atoms with Crippen LogP contribution in [0.25, 0.3) is 20.9 Å². The van der Waals surface area contributed by atoms with Crippen LogP contribution in [0.1, 0.15) is 34.3 Å². The Kier molecular flexibility index (Phi) is 4.35. The van der Waals surface area contributed by atoms with Gasteiger partial charge in [0, 0.05) is 10.3 Å². The van der Waals surface area contributed by atoms with Gasteiger partial charge < -0.3 is 4.52 Å². The summed E-state index contributed by atoms with van der Waals surface area (Å²) in [5.41, 5.74) is 1.25. The van der Waals surface area contributed by atoms with Gasteiger partial charge in [-0.15, -0.1) is 22.7 Å². The summed E-state index contributed by atoms with van der Waals surface area (Å²) in [6.07, 6.45) is 0. The van der Waals surface area contributed by atoms with E-state index in [0.29, 0.717) is 11.7 Å². The molecule has 0 radical (unpaired) electrons. The van der Waals surface area contributed by atoms with Crippen molar-refractivity contribution < 1.29 is 4.52 Å². The summed E-state index contributed by atoms with van der Waals surface area (Å²) in [6, 6.07) is 3.97. The Balaban J connectivity index is 1.67. The van der Waals surface area contributed by atoms with Gasteiger partial charge in [-0.3, -0.25) is 0 Å². The molecule has 0 aromatic carbocycles. The zero-order valence-electron chi connectivity index (χ0n) is 14.2. The van der Waals surface area contributed by atoms with E-state index in [9.17, 15) is 0 Å². The largest absolute Gasteiger partial charge is 0.338 e. The number of fused-ring (bicyclic) bond motifs is 1. The van der Waals surface area contributed by atoms with Crippen molar-refractivity contribution in [2.24, 2.45) is 0 Å². The van der Waals surface area contributed by atoms with Crippen LogP contribution in [0.15, 0.2) is 27.1 Å². The topological polar surface area (TPSA) is 64.7 Å². The summed E-state index contributed by atoms with van der Waals surface area (Å²) < 4.78 is 5.48. The van der Waals surface area contributed by atoms with Gasteiger partial charge in [0.1, 0.15) is 15.7 Å². The van der Waals surface area contributed by atoms with Crippen LogP contribution in [0.4, 0.5) is 0 Å². The molecule has 5 nitrogen and oxygen atoms in total. The van der Waals surface area contributed by atoms with Crippen LogP contribution in [-0.4, -0.2) is 20.1 Å². The molecule has 0 saturated heterocycles. The van der Waals surface area contributed by atoms with Crippen LogP contribution in [-0.2, 0) is 0 Å². The molecular formula is C17H16N4OS3. The fourth-order valence-electron chi connectivity index (χ4n) is 2.52. The summed E-state index contributed by atoms with van der Waals surface area (Å²) in [6.45, 7) is 8.25. The van der Waals surface area contributed by atoms with E-state index in [1.54, 1.807) is 34.4 Å². The van der Waals surface area contributed by atoms with Gasteiger partial charge in [0.2, 0.25) is 11.7 Å². The molecule has 0 bridgehead atoms. The number of hydrogen-bond acceptors (Lipinski definition) is 8. The molecule has 25 heavy (non-hydrogen) atoms. The third kappa shape index (κ3) is 3.09. The second kappa shape index (κ2) is 6.51. The van der Waals surface area contributed by atoms with Gasteiger partial charge in [0.25, 0.3) is 0 Å². The summed E-state index contributed by atoms with van der Waals surface area (Å²) in [7, 11) is 0. The lowest BCUT2D eigenvalue weighted by Crippen LogP contribution is -1.95. The van der Waals surface area contributed by atoms with Gasteiger partial charge in [0.15, 0.2) is 0 Å². The van der Waals surface area contributed by atoms with Gasteiger partial charge in [-0.25, -0.2) is 9.97 Å². The number of aryl methyl sites for hydroxylation is 3. The average molecular weight is 389 g/mol. The van der Waals surface area contributed by atoms with Gasteiger partial charge in [0.05, 0.1) is 10.1 Å². The molecule has 0 saturated carbocycles. The molecule has 0 fully saturated rings. The van der Waals surface area contributed by atoms with Gasteiger partial charge >= 0.3 is 0 Å². The Morgan fingerprint density at radius 1 is 1.16 bits per heavy atom. The molecule has 4 heterocycles. The lowest BCUT2D eigenvalue weighted by atomic mass is 10.2. The summed E-state index contributed by atoms with van der Waals surface area (Å²) in [5.74, 6) is 2.04. The minimum Gasteiger partial charge on any atom is -0.338 e. The molecule has 0 spiro atoms. The van der Waals surface area contributed by atoms with Crippen LogP contribution in [0.2, 0.25) is 0 Å². The van der Waals surface area contributed by atoms with E-state index in [4.69, 9.17) is 4.52 Å². The van der Waals surface area contributed by atoms with E-state index in [-0.39, 0.29) is 5.25 Å². The summed E-state index contributed by atoms with van der Waals surface area (Å²) in [4.78, 5) is 17.1. The first-order chi connectivity index (χ1) is 12.0. The average Bonchev–Trinajstić information content (AvgIpc) is 3.28. The van der Waals surface area contributed by atoms with Crippen molar-refractivity contribution in [2.75, 3.05) is 0 Å². The van der Waals surface area contributed by atoms with Crippen LogP contribution < -0.4 is 0 Å². The molecule has 0 N–H and O–H groups in total. The highest BCUT2D eigenvalue weighted by Crippen LogP contribution is 2.41. The fraction of sp³-hybridized carbons (Fsp3) is 0.294. The van der Waals surface area contributed by atoms with Crippen LogP contribution in [0.3, 0.4) is 0 Å². The Morgan fingerprint density at radius 3 is 2.76 bits per heavy atom. The smallest absolute Gasteiger partial charge is 0.240 e. The molecular weight excluding hydrogens is 372 g/mol. The minimum atomic E-state index is 0.0123. The lowest BCUT2D eigenvalue weighted by Gasteiger charge is -2.08. The number of thiophene rings is 2. The fourth-order valence-corrected chi connectivity index (χ4v) is 5.40. The minimum absolute atomic E-state index is 0.0123. The monoisotopic (exact) mass is 388 g/mol. The van der Waals surface area contributed by atoms with Gasteiger partial charge in [-0.1, -0.05) is 23.0 Å². The van der Waals surface area contributed by atoms with Crippen LogP contribution >= 0.6 is 34.4 Å². The van der Waals surface area contributed by atoms with Crippen molar-refractivity contribution in [3.8, 4) is 10.7 Å². The molecule has 128 valence electrons. The molecule has 1 atom stereocenters. The van der Waals surface area contributed by atoms with E-state index in [1.165, 1.54) is 10.4 Å². The Morgan fingerprint density at radius 2 is 2.00 bits per heavy atom. The van der Waals surface area contributed by atoms with E-state index < -0.39 is 0 Å². The number of hydrogen-bond donors (Lipinski definition) is 0. The van der Waals surface area contributed by atoms with E-state index in [2.05, 4.69) is 40.9 Å². The van der Waals surface area contributed by atoms with Crippen molar-refractivity contribution in [2.45, 2.75) is 38.0 Å². The third-order valence-corrected chi connectivity index (χ3v) is 6.97. The predicted octanol–water partition coefficient (Wildman–Crippen LogP) is 5.58. The number of nitrogens with zero attached hydrogens (tertiary/aromatic N) is 4. The van der Waals surface area contributed by atoms with E-state index in [1.807, 2.05) is 24.4 Å². The summed E-state index contributed by atoms with van der Waals surface area (Å²) in [5, 5.41) is 8.24. The second-order valence-electron chi connectivity index (χ2n) is 5.73. The molecule has 4 aromatic rings. The van der Waals surface area contributed by atoms with Crippen LogP contribution in [0.5, 0.6) is 0 Å². The molecule has 0 amide bonds. The second-order valence-corrected chi connectivity index (χ2v) is 9.21. The van der Waals surface area contributed by atoms with Gasteiger partial charge in [-0.05, 0) is 44.7 Å². The highest BCUT2D eigenvalue weighted by atomic mass is 32.2. The zero-order valence-corrected chi connectivity index (χ0v) is 16.7. The van der Waals surface area contributed by atoms with Crippen molar-refractivity contribution in [1.29, 1.82) is 0 Å². The van der Waals surface area contributed by atoms with E-state index >= 15 is 0 Å². The first kappa shape index (κ1) is 16.7. The van der Waals surface area contributed by atoms with Crippen molar-refractivity contribution >= 4 is 44.7 Å². The SMILES string of the molecule is Cc1nc(SC(C)c2nc(-c3cccs3)no2)c2c(C)c(C)sc2n1. The summed E-state index contributed by atoms with van der Waals surface area (Å²) >= 11 is 4.96. The highest BCUT2D eigenvalue weighted by Gasteiger charge is 2.21. The molecule has 8 heteroatoms. The maximum Gasteiger partial charge on any atom is 0.240 e. The molecule has 4 rings (SSSR count). The first-order valence-corrected chi connectivity index (χ1v) is 10.4. The third-order valence-electron chi connectivity index (χ3n) is 3.93. The van der Waals surface area contributed by atoms with Crippen molar-refractivity contribution in [3.05, 3.63) is 39.7 Å². The van der Waals surface area contributed by atoms with E-state index in [0.717, 1.165) is 25.9 Å². The Bertz CT molecular complexity index is 1040. The normalized spacial score (nSPS) is 12.8. The van der Waals surface area contributed by atoms with Crippen molar-refractivity contribution in [1.82, 2.24) is 20.1 Å². The Hall–Kier alpha value is -1.77. The lowest BCUT2D eigenvalue weighted by molar-refractivity contribution is 0.381. The molecule has 0 aliphatic heterocycles. The quantitative estimate of drug-likeness (QED) is 0.336. The zero-order chi connectivity index (χ0) is 17.6. The number of thioether (sulfide) groups is 1. The highest BCUT2D eigenvalue weighted by molar-refractivity contribution is 7.99. The Labute approximate surface area is 157 Å². The number of rotatable bonds is 4. The maximum absolute atomic E-state index is 5.48. The van der Waals surface area contributed by atoms with Crippen molar-refractivity contribution in [3.63, 3.8) is 0 Å². The molecule has 4 aromatic heterocycles. The molecule has 1 unspecified atom stereocenters. The molecule has 0 aliphatic carbocycles. The predicted molar refractivity (Wildman–Crippen MR) is 104 cm³/mol. The maximum atomic E-state index is 5.48. The first-order valence-electron chi connectivity index (χ1n) is 7.81. The number of aromatic nitrogens is 4. The van der Waals surface area contributed by atoms with Crippen LogP contribution in [0, 0.1) is 20.8 Å². The van der Waals surface area contributed by atoms with Gasteiger partial charge in [-0.2, -0.15) is 4.98 Å². The standard InChI is InChI=1S/C17H16N4OS3/c1-8-9(2)24-16-13(8)17(19-11(4)18-16)25-10(3)15-20-14(21-22-15)12-6-5-7-23-12/h5-7,10H,1-4H3. The molecule has 0 aliphatic rings.